The quantitative estimate of drug-likeness (QED) is 0.497. The van der Waals surface area contributed by atoms with Crippen molar-refractivity contribution in [3.63, 3.8) is 0 Å². The zero-order valence-corrected chi connectivity index (χ0v) is 15.4. The van der Waals surface area contributed by atoms with Gasteiger partial charge in [-0.3, -0.25) is 4.79 Å². The minimum atomic E-state index is -0.191. The number of carbonyl (C=O) groups is 1. The molecule has 0 saturated carbocycles. The first kappa shape index (κ1) is 18.1. The standard InChI is InChI=1S/C17H16ClN5O2S/c1-25-14-7-2-4-11(8-14)16-21-22-17(23(16)19)26-10-15(24)20-13-6-3-5-12(18)9-13/h2-9H,10,19H2,1H3,(H,20,24). The topological polar surface area (TPSA) is 95.1 Å². The highest BCUT2D eigenvalue weighted by molar-refractivity contribution is 7.99. The van der Waals surface area contributed by atoms with Gasteiger partial charge in [0, 0.05) is 16.3 Å². The van der Waals surface area contributed by atoms with E-state index in [1.54, 1.807) is 31.4 Å². The number of nitrogens with one attached hydrogen (secondary N) is 1. The van der Waals surface area contributed by atoms with Gasteiger partial charge < -0.3 is 15.9 Å². The Morgan fingerprint density at radius 2 is 2.08 bits per heavy atom. The summed E-state index contributed by atoms with van der Waals surface area (Å²) >= 11 is 7.09. The first-order valence-corrected chi connectivity index (χ1v) is 8.96. The number of aromatic nitrogens is 3. The Bertz CT molecular complexity index is 931. The van der Waals surface area contributed by atoms with Crippen LogP contribution in [0.25, 0.3) is 11.4 Å². The lowest BCUT2D eigenvalue weighted by Crippen LogP contribution is -2.16. The van der Waals surface area contributed by atoms with Crippen LogP contribution in [-0.4, -0.2) is 33.6 Å². The summed E-state index contributed by atoms with van der Waals surface area (Å²) in [6, 6.07) is 14.3. The van der Waals surface area contributed by atoms with Crippen LogP contribution in [0.2, 0.25) is 5.02 Å². The molecule has 1 amide bonds. The first-order valence-electron chi connectivity index (χ1n) is 7.60. The fourth-order valence-corrected chi connectivity index (χ4v) is 3.07. The number of halogens is 1. The highest BCUT2D eigenvalue weighted by Crippen LogP contribution is 2.24. The van der Waals surface area contributed by atoms with Crippen molar-refractivity contribution in [1.29, 1.82) is 0 Å². The van der Waals surface area contributed by atoms with Gasteiger partial charge in [-0.05, 0) is 30.3 Å². The molecule has 26 heavy (non-hydrogen) atoms. The molecule has 0 bridgehead atoms. The average molecular weight is 390 g/mol. The van der Waals surface area contributed by atoms with Crippen LogP contribution in [0.3, 0.4) is 0 Å². The van der Waals surface area contributed by atoms with Crippen LogP contribution in [-0.2, 0) is 4.79 Å². The van der Waals surface area contributed by atoms with Crippen molar-refractivity contribution in [3.05, 3.63) is 53.6 Å². The second-order valence-corrected chi connectivity index (χ2v) is 6.63. The van der Waals surface area contributed by atoms with Crippen molar-refractivity contribution in [3.8, 4) is 17.1 Å². The van der Waals surface area contributed by atoms with E-state index in [1.165, 1.54) is 16.4 Å². The van der Waals surface area contributed by atoms with E-state index in [0.29, 0.717) is 27.4 Å². The fraction of sp³-hybridized carbons (Fsp3) is 0.118. The van der Waals surface area contributed by atoms with Crippen molar-refractivity contribution in [1.82, 2.24) is 14.9 Å². The lowest BCUT2D eigenvalue weighted by molar-refractivity contribution is -0.113. The lowest BCUT2D eigenvalue weighted by Gasteiger charge is -2.06. The largest absolute Gasteiger partial charge is 0.497 e. The van der Waals surface area contributed by atoms with Gasteiger partial charge in [-0.15, -0.1) is 10.2 Å². The van der Waals surface area contributed by atoms with E-state index in [1.807, 2.05) is 24.3 Å². The van der Waals surface area contributed by atoms with Gasteiger partial charge in [0.2, 0.25) is 11.1 Å². The molecule has 9 heteroatoms. The number of rotatable bonds is 6. The summed E-state index contributed by atoms with van der Waals surface area (Å²) in [5.41, 5.74) is 1.41. The van der Waals surface area contributed by atoms with Crippen LogP contribution in [0.4, 0.5) is 5.69 Å². The molecule has 0 aliphatic heterocycles. The molecular formula is C17H16ClN5O2S. The normalized spacial score (nSPS) is 10.5. The van der Waals surface area contributed by atoms with Crippen LogP contribution in [0.5, 0.6) is 5.75 Å². The molecule has 0 aliphatic carbocycles. The van der Waals surface area contributed by atoms with E-state index >= 15 is 0 Å². The number of benzene rings is 2. The number of hydrogen-bond acceptors (Lipinski definition) is 6. The van der Waals surface area contributed by atoms with Gasteiger partial charge >= 0.3 is 0 Å². The van der Waals surface area contributed by atoms with Gasteiger partial charge in [0.15, 0.2) is 5.82 Å². The molecule has 0 fully saturated rings. The van der Waals surface area contributed by atoms with Gasteiger partial charge in [0.1, 0.15) is 5.75 Å². The maximum Gasteiger partial charge on any atom is 0.234 e. The Labute approximate surface area is 159 Å². The number of anilines is 1. The van der Waals surface area contributed by atoms with Crippen LogP contribution >= 0.6 is 23.4 Å². The Balaban J connectivity index is 1.65. The van der Waals surface area contributed by atoms with Gasteiger partial charge in [0.25, 0.3) is 0 Å². The molecule has 3 aromatic rings. The third kappa shape index (κ3) is 4.27. The van der Waals surface area contributed by atoms with Gasteiger partial charge in [-0.25, -0.2) is 4.68 Å². The third-order valence-electron chi connectivity index (χ3n) is 3.43. The number of carbonyl (C=O) groups excluding carboxylic acids is 1. The van der Waals surface area contributed by atoms with Gasteiger partial charge in [-0.2, -0.15) is 0 Å². The smallest absolute Gasteiger partial charge is 0.234 e. The number of nitrogen functional groups attached to an aromatic ring is 1. The zero-order chi connectivity index (χ0) is 18.5. The van der Waals surface area contributed by atoms with E-state index in [2.05, 4.69) is 15.5 Å². The SMILES string of the molecule is COc1cccc(-c2nnc(SCC(=O)Nc3cccc(Cl)c3)n2N)c1. The predicted molar refractivity (Wildman–Crippen MR) is 103 cm³/mol. The van der Waals surface area contributed by atoms with Crippen molar-refractivity contribution in [2.24, 2.45) is 0 Å². The Morgan fingerprint density at radius 1 is 1.27 bits per heavy atom. The van der Waals surface area contributed by atoms with E-state index in [-0.39, 0.29) is 11.7 Å². The van der Waals surface area contributed by atoms with Crippen LogP contribution < -0.4 is 15.9 Å². The minimum absolute atomic E-state index is 0.139. The number of ether oxygens (including phenoxy) is 1. The van der Waals surface area contributed by atoms with Crippen LogP contribution in [0, 0.1) is 0 Å². The first-order chi connectivity index (χ1) is 12.6. The summed E-state index contributed by atoms with van der Waals surface area (Å²) in [7, 11) is 1.59. The molecule has 0 unspecified atom stereocenters. The second-order valence-electron chi connectivity index (χ2n) is 5.26. The average Bonchev–Trinajstić information content (AvgIpc) is 3.00. The summed E-state index contributed by atoms with van der Waals surface area (Å²) in [5.74, 6) is 7.20. The third-order valence-corrected chi connectivity index (χ3v) is 4.61. The van der Waals surface area contributed by atoms with Crippen molar-refractivity contribution in [2.45, 2.75) is 5.16 Å². The molecule has 0 atom stereocenters. The molecule has 1 heterocycles. The molecule has 2 aromatic carbocycles. The summed E-state index contributed by atoms with van der Waals surface area (Å²) < 4.78 is 6.55. The zero-order valence-electron chi connectivity index (χ0n) is 13.8. The van der Waals surface area contributed by atoms with Gasteiger partial charge in [-0.1, -0.05) is 41.6 Å². The van der Waals surface area contributed by atoms with E-state index in [9.17, 15) is 4.79 Å². The molecule has 3 rings (SSSR count). The van der Waals surface area contributed by atoms with E-state index < -0.39 is 0 Å². The summed E-state index contributed by atoms with van der Waals surface area (Å²) in [4.78, 5) is 12.1. The molecule has 134 valence electrons. The number of methoxy groups -OCH3 is 1. The molecule has 0 saturated heterocycles. The van der Waals surface area contributed by atoms with E-state index in [4.69, 9.17) is 22.2 Å². The molecule has 0 spiro atoms. The van der Waals surface area contributed by atoms with Crippen molar-refractivity contribution < 1.29 is 9.53 Å². The summed E-state index contributed by atoms with van der Waals surface area (Å²) in [6.07, 6.45) is 0. The molecule has 0 radical (unpaired) electrons. The lowest BCUT2D eigenvalue weighted by atomic mass is 10.2. The number of thioether (sulfide) groups is 1. The van der Waals surface area contributed by atoms with E-state index in [0.717, 1.165) is 5.56 Å². The number of amides is 1. The second kappa shape index (κ2) is 8.11. The molecule has 7 nitrogen and oxygen atoms in total. The number of hydrogen-bond donors (Lipinski definition) is 2. The summed E-state index contributed by atoms with van der Waals surface area (Å²) in [5, 5.41) is 11.9. The highest BCUT2D eigenvalue weighted by Gasteiger charge is 2.14. The molecule has 3 N–H and O–H groups in total. The summed E-state index contributed by atoms with van der Waals surface area (Å²) in [6.45, 7) is 0. The minimum Gasteiger partial charge on any atom is -0.497 e. The van der Waals surface area contributed by atoms with Crippen molar-refractivity contribution in [2.75, 3.05) is 24.0 Å². The Kier molecular flexibility index (Phi) is 5.65. The van der Waals surface area contributed by atoms with Gasteiger partial charge in [0.05, 0.1) is 12.9 Å². The Hall–Kier alpha value is -2.71. The van der Waals surface area contributed by atoms with Crippen molar-refractivity contribution >= 4 is 35.0 Å². The maximum absolute atomic E-state index is 12.1. The fourth-order valence-electron chi connectivity index (χ4n) is 2.23. The monoisotopic (exact) mass is 389 g/mol. The maximum atomic E-state index is 12.1. The Morgan fingerprint density at radius 3 is 2.85 bits per heavy atom. The molecule has 0 aliphatic rings. The highest BCUT2D eigenvalue weighted by atomic mass is 35.5. The van der Waals surface area contributed by atoms with Crippen LogP contribution in [0.15, 0.2) is 53.7 Å². The number of nitrogens with two attached hydrogens (primary N) is 1. The number of nitrogens with zero attached hydrogens (tertiary/aromatic N) is 3. The predicted octanol–water partition coefficient (Wildman–Crippen LogP) is 3.05. The molecule has 1 aromatic heterocycles. The molecular weight excluding hydrogens is 374 g/mol. The van der Waals surface area contributed by atoms with Crippen LogP contribution in [0.1, 0.15) is 0 Å².